The van der Waals surface area contributed by atoms with Crippen molar-refractivity contribution in [3.8, 4) is 11.4 Å². The fraction of sp³-hybridized carbons (Fsp3) is 0.385. The van der Waals surface area contributed by atoms with Crippen molar-refractivity contribution in [3.05, 3.63) is 47.8 Å². The summed E-state index contributed by atoms with van der Waals surface area (Å²) >= 11 is 9.62. The number of nitrogens with one attached hydrogen (secondary N) is 4. The number of thiocarbonyl (C=S) groups is 2. The maximum atomic E-state index is 13.1. The molecule has 2 unspecified atom stereocenters. The number of pyridine rings is 2. The van der Waals surface area contributed by atoms with Crippen LogP contribution in [0, 0.1) is 0 Å². The molecular formula is C26H32N6O8S6. The average molecular weight is 749 g/mol. The van der Waals surface area contributed by atoms with Crippen molar-refractivity contribution in [1.29, 1.82) is 0 Å². The van der Waals surface area contributed by atoms with E-state index < -0.39 is 47.9 Å². The Bertz CT molecular complexity index is 1250. The minimum absolute atomic E-state index is 0.152. The molecule has 0 aliphatic rings. The zero-order valence-electron chi connectivity index (χ0n) is 24.4. The van der Waals surface area contributed by atoms with Crippen LogP contribution in [0.4, 0.5) is 0 Å². The van der Waals surface area contributed by atoms with Crippen LogP contribution in [0.3, 0.4) is 0 Å². The van der Waals surface area contributed by atoms with Crippen LogP contribution in [-0.4, -0.2) is 118 Å². The predicted molar refractivity (Wildman–Crippen MR) is 189 cm³/mol. The van der Waals surface area contributed by atoms with Crippen LogP contribution in [0.5, 0.6) is 0 Å². The van der Waals surface area contributed by atoms with Crippen molar-refractivity contribution in [2.75, 3.05) is 38.9 Å². The zero-order chi connectivity index (χ0) is 33.9. The molecule has 0 saturated carbocycles. The minimum atomic E-state index is -0.982. The molecule has 14 nitrogen and oxygen atoms in total. The number of ether oxygens (including phenoxy) is 2. The Morgan fingerprint density at radius 3 is 1.50 bits per heavy atom. The molecule has 0 aromatic carbocycles. The molecule has 0 fully saturated rings. The molecular weight excluding hydrogens is 717 g/mol. The Morgan fingerprint density at radius 2 is 1.17 bits per heavy atom. The SMILES string of the molecule is COC(=O)C(CSSN[C@@H](C=S)CO)NC(=O)c1ccnc(-c2cc(C(=O)NC(CSSN[C@@H](C=S)CO)C(=O)OC)ccn2)c1. The van der Waals surface area contributed by atoms with Crippen molar-refractivity contribution in [2.24, 2.45) is 0 Å². The third-order valence-electron chi connectivity index (χ3n) is 5.60. The predicted octanol–water partition coefficient (Wildman–Crippen LogP) is 1.18. The highest BCUT2D eigenvalue weighted by molar-refractivity contribution is 8.76. The van der Waals surface area contributed by atoms with E-state index in [0.717, 1.165) is 22.0 Å². The lowest BCUT2D eigenvalue weighted by molar-refractivity contribution is -0.143. The fourth-order valence-corrected chi connectivity index (χ4v) is 7.51. The van der Waals surface area contributed by atoms with Gasteiger partial charge in [-0.3, -0.25) is 19.6 Å². The van der Waals surface area contributed by atoms with Gasteiger partial charge in [-0.1, -0.05) is 46.0 Å². The standard InChI is InChI=1S/C26H32N6O8S6/c1-39-25(37)21(13-43-45-31-17(9-33)11-41)29-23(35)15-3-5-27-19(7-15)20-8-16(4-6-28-20)24(36)30-22(26(38)40-2)14-44-46-32-18(10-34)12-42/h3-8,11-12,17-18,21-22,31-34H,9-10,13-14H2,1-2H3,(H,29,35)(H,30,36)/t17-,18-,21?,22?/m1/s1. The summed E-state index contributed by atoms with van der Waals surface area (Å²) in [7, 11) is 7.20. The highest BCUT2D eigenvalue weighted by Crippen LogP contribution is 2.22. The molecule has 0 bridgehead atoms. The van der Waals surface area contributed by atoms with Gasteiger partial charge in [-0.05, 0) is 57.0 Å². The molecule has 2 heterocycles. The van der Waals surface area contributed by atoms with E-state index in [9.17, 15) is 29.4 Å². The maximum Gasteiger partial charge on any atom is 0.329 e. The number of hydrogen-bond acceptors (Lipinski definition) is 18. The number of methoxy groups -OCH3 is 2. The summed E-state index contributed by atoms with van der Waals surface area (Å²) in [5.74, 6) is -2.13. The lowest BCUT2D eigenvalue weighted by Crippen LogP contribution is -2.43. The quantitative estimate of drug-likeness (QED) is 0.0349. The number of carbonyl (C=O) groups excluding carboxylic acids is 4. The van der Waals surface area contributed by atoms with Gasteiger partial charge in [0, 0.05) is 35.0 Å². The van der Waals surface area contributed by atoms with E-state index >= 15 is 0 Å². The largest absolute Gasteiger partial charge is 0.467 e. The number of carbonyl (C=O) groups is 4. The van der Waals surface area contributed by atoms with E-state index in [2.05, 4.69) is 30.0 Å². The highest BCUT2D eigenvalue weighted by Gasteiger charge is 2.25. The summed E-state index contributed by atoms with van der Waals surface area (Å²) in [6.07, 6.45) is 2.78. The van der Waals surface area contributed by atoms with Crippen LogP contribution < -0.4 is 20.1 Å². The zero-order valence-corrected chi connectivity index (χ0v) is 29.3. The third-order valence-corrected chi connectivity index (χ3v) is 10.3. The first kappa shape index (κ1) is 39.8. The number of aromatic nitrogens is 2. The topological polar surface area (TPSA) is 201 Å². The van der Waals surface area contributed by atoms with E-state index in [0.29, 0.717) is 0 Å². The summed E-state index contributed by atoms with van der Waals surface area (Å²) in [5.41, 5.74) is 0.915. The number of esters is 2. The lowest BCUT2D eigenvalue weighted by atomic mass is 10.1. The Morgan fingerprint density at radius 1 is 0.783 bits per heavy atom. The fourth-order valence-electron chi connectivity index (χ4n) is 3.14. The summed E-state index contributed by atoms with van der Waals surface area (Å²) < 4.78 is 15.5. The van der Waals surface area contributed by atoms with Gasteiger partial charge in [0.25, 0.3) is 11.8 Å². The van der Waals surface area contributed by atoms with Crippen LogP contribution in [0.15, 0.2) is 36.7 Å². The van der Waals surface area contributed by atoms with E-state index in [1.807, 2.05) is 0 Å². The van der Waals surface area contributed by atoms with Gasteiger partial charge in [0.1, 0.15) is 12.1 Å². The number of amides is 2. The van der Waals surface area contributed by atoms with Crippen molar-refractivity contribution in [1.82, 2.24) is 30.0 Å². The first-order chi connectivity index (χ1) is 22.2. The molecule has 250 valence electrons. The number of nitrogens with zero attached hydrogens (tertiary/aromatic N) is 2. The van der Waals surface area contributed by atoms with Crippen molar-refractivity contribution in [3.63, 3.8) is 0 Å². The van der Waals surface area contributed by atoms with Gasteiger partial charge in [-0.25, -0.2) is 19.0 Å². The molecule has 0 saturated heterocycles. The number of aliphatic hydroxyl groups excluding tert-OH is 2. The van der Waals surface area contributed by atoms with Crippen LogP contribution in [-0.2, 0) is 19.1 Å². The van der Waals surface area contributed by atoms with Gasteiger partial charge >= 0.3 is 11.9 Å². The molecule has 2 rings (SSSR count). The van der Waals surface area contributed by atoms with Crippen molar-refractivity contribution < 1.29 is 38.9 Å². The van der Waals surface area contributed by atoms with Crippen molar-refractivity contribution >= 4 is 102 Å². The molecule has 0 aliphatic carbocycles. The lowest BCUT2D eigenvalue weighted by Gasteiger charge is -2.17. The Hall–Kier alpha value is -2.40. The molecule has 46 heavy (non-hydrogen) atoms. The second kappa shape index (κ2) is 22.2. The summed E-state index contributed by atoms with van der Waals surface area (Å²) in [4.78, 5) is 59.3. The Kier molecular flexibility index (Phi) is 19.2. The molecule has 0 spiro atoms. The van der Waals surface area contributed by atoms with Gasteiger partial charge in [0.05, 0.1) is 50.9 Å². The maximum absolute atomic E-state index is 13.1. The second-order valence-corrected chi connectivity index (χ2v) is 13.7. The molecule has 0 radical (unpaired) electrons. The molecule has 4 atom stereocenters. The monoisotopic (exact) mass is 748 g/mol. The van der Waals surface area contributed by atoms with E-state index in [4.69, 9.17) is 33.9 Å². The molecule has 6 N–H and O–H groups in total. The Labute approximate surface area is 292 Å². The average Bonchev–Trinajstić information content (AvgIpc) is 3.09. The van der Waals surface area contributed by atoms with Gasteiger partial charge in [0.15, 0.2) is 0 Å². The minimum Gasteiger partial charge on any atom is -0.467 e. The number of hydrogen-bond donors (Lipinski definition) is 6. The van der Waals surface area contributed by atoms with Gasteiger partial charge in [-0.2, -0.15) is 0 Å². The van der Waals surface area contributed by atoms with Crippen LogP contribution in [0.25, 0.3) is 11.4 Å². The highest BCUT2D eigenvalue weighted by atomic mass is 33.1. The van der Waals surface area contributed by atoms with Gasteiger partial charge in [0.2, 0.25) is 0 Å². The van der Waals surface area contributed by atoms with Gasteiger partial charge < -0.3 is 30.3 Å². The van der Waals surface area contributed by atoms with Crippen molar-refractivity contribution in [2.45, 2.75) is 24.2 Å². The molecule has 20 heteroatoms. The van der Waals surface area contributed by atoms with Gasteiger partial charge in [-0.15, -0.1) is 0 Å². The summed E-state index contributed by atoms with van der Waals surface area (Å²) in [6.45, 7) is -0.373. The first-order valence-corrected chi connectivity index (χ1v) is 18.7. The normalized spacial score (nSPS) is 13.4. The van der Waals surface area contributed by atoms with Crippen LogP contribution in [0.2, 0.25) is 0 Å². The molecule has 2 aromatic heterocycles. The van der Waals surface area contributed by atoms with E-state index in [-0.39, 0.29) is 47.2 Å². The van der Waals surface area contributed by atoms with Crippen LogP contribution in [0.1, 0.15) is 20.7 Å². The summed E-state index contributed by atoms with van der Waals surface area (Å²) in [5, 5.41) is 26.5. The number of aliphatic hydroxyl groups is 2. The number of rotatable bonds is 21. The van der Waals surface area contributed by atoms with E-state index in [1.165, 1.54) is 83.2 Å². The third kappa shape index (κ3) is 13.4. The molecule has 0 aliphatic heterocycles. The van der Waals surface area contributed by atoms with E-state index in [1.54, 1.807) is 0 Å². The first-order valence-electron chi connectivity index (χ1n) is 13.1. The summed E-state index contributed by atoms with van der Waals surface area (Å²) in [6, 6.07) is 3.05. The Balaban J connectivity index is 2.10. The van der Waals surface area contributed by atoms with Crippen LogP contribution >= 0.6 is 68.0 Å². The smallest absolute Gasteiger partial charge is 0.329 e. The molecule has 2 aromatic rings. The molecule has 2 amide bonds. The second-order valence-electron chi connectivity index (χ2n) is 8.78.